The summed E-state index contributed by atoms with van der Waals surface area (Å²) < 4.78 is 40.8. The molecular formula is C16H22F3N3O. The smallest absolute Gasteiger partial charge is 0.340 e. The van der Waals surface area contributed by atoms with Gasteiger partial charge in [-0.05, 0) is 32.1 Å². The largest absolute Gasteiger partial charge is 0.391 e. The van der Waals surface area contributed by atoms with Crippen LogP contribution in [0, 0.1) is 11.8 Å². The molecule has 0 N–H and O–H groups in total. The Morgan fingerprint density at radius 1 is 1.17 bits per heavy atom. The molecule has 1 aromatic rings. The van der Waals surface area contributed by atoms with E-state index in [1.54, 1.807) is 17.4 Å². The summed E-state index contributed by atoms with van der Waals surface area (Å²) in [4.78, 5) is 18.5. The van der Waals surface area contributed by atoms with Gasteiger partial charge >= 0.3 is 6.18 Å². The van der Waals surface area contributed by atoms with Gasteiger partial charge in [-0.1, -0.05) is 6.42 Å². The van der Waals surface area contributed by atoms with Gasteiger partial charge in [0.25, 0.3) is 0 Å². The summed E-state index contributed by atoms with van der Waals surface area (Å²) in [7, 11) is 0. The summed E-state index contributed by atoms with van der Waals surface area (Å²) >= 11 is 0. The normalized spacial score (nSPS) is 29.5. The summed E-state index contributed by atoms with van der Waals surface area (Å²) in [5.74, 6) is -1.89. The van der Waals surface area contributed by atoms with Crippen molar-refractivity contribution in [1.29, 1.82) is 0 Å². The molecular weight excluding hydrogens is 307 g/mol. The maximum absolute atomic E-state index is 12.9. The van der Waals surface area contributed by atoms with E-state index >= 15 is 0 Å². The molecule has 0 unspecified atom stereocenters. The number of carbonyl (C=O) groups excluding carboxylic acids is 1. The van der Waals surface area contributed by atoms with Crippen molar-refractivity contribution in [2.24, 2.45) is 11.8 Å². The first-order chi connectivity index (χ1) is 10.9. The minimum atomic E-state index is -4.18. The van der Waals surface area contributed by atoms with Crippen LogP contribution in [-0.4, -0.2) is 39.6 Å². The van der Waals surface area contributed by atoms with Crippen molar-refractivity contribution in [3.63, 3.8) is 0 Å². The molecule has 0 spiro atoms. The van der Waals surface area contributed by atoms with E-state index in [4.69, 9.17) is 0 Å². The van der Waals surface area contributed by atoms with Crippen LogP contribution in [-0.2, 0) is 4.79 Å². The zero-order chi connectivity index (χ0) is 16.4. The van der Waals surface area contributed by atoms with E-state index in [0.717, 1.165) is 12.8 Å². The SMILES string of the molecule is O=C([C@@H]1CCC[C@@H](C(F)(F)F)C1)N1CCC[C@@H](n2ccnc2)C1. The van der Waals surface area contributed by atoms with Crippen LogP contribution in [0.5, 0.6) is 0 Å². The minimum Gasteiger partial charge on any atom is -0.340 e. The van der Waals surface area contributed by atoms with Gasteiger partial charge in [-0.15, -0.1) is 0 Å². The lowest BCUT2D eigenvalue weighted by molar-refractivity contribution is -0.187. The van der Waals surface area contributed by atoms with Gasteiger partial charge in [0.1, 0.15) is 0 Å². The highest BCUT2D eigenvalue weighted by Crippen LogP contribution is 2.40. The highest BCUT2D eigenvalue weighted by molar-refractivity contribution is 5.79. The number of piperidine rings is 1. The van der Waals surface area contributed by atoms with Gasteiger partial charge in [-0.25, -0.2) is 4.98 Å². The van der Waals surface area contributed by atoms with Crippen molar-refractivity contribution >= 4 is 5.91 Å². The molecule has 1 saturated carbocycles. The molecule has 3 atom stereocenters. The van der Waals surface area contributed by atoms with Gasteiger partial charge in [0.2, 0.25) is 5.91 Å². The van der Waals surface area contributed by atoms with Gasteiger partial charge in [0.15, 0.2) is 0 Å². The van der Waals surface area contributed by atoms with E-state index in [9.17, 15) is 18.0 Å². The van der Waals surface area contributed by atoms with Crippen LogP contribution in [0.4, 0.5) is 13.2 Å². The van der Waals surface area contributed by atoms with Gasteiger partial charge < -0.3 is 9.47 Å². The molecule has 1 aromatic heterocycles. The number of carbonyl (C=O) groups is 1. The second-order valence-corrected chi connectivity index (χ2v) is 6.69. The number of aromatic nitrogens is 2. The number of amides is 1. The van der Waals surface area contributed by atoms with Gasteiger partial charge in [-0.2, -0.15) is 13.2 Å². The van der Waals surface area contributed by atoms with Crippen LogP contribution in [0.2, 0.25) is 0 Å². The highest BCUT2D eigenvalue weighted by Gasteiger charge is 2.44. The van der Waals surface area contributed by atoms with Crippen molar-refractivity contribution in [3.8, 4) is 0 Å². The van der Waals surface area contributed by atoms with Crippen molar-refractivity contribution in [3.05, 3.63) is 18.7 Å². The van der Waals surface area contributed by atoms with E-state index in [2.05, 4.69) is 4.98 Å². The third kappa shape index (κ3) is 3.70. The molecule has 0 aromatic carbocycles. The Kier molecular flexibility index (Phi) is 4.64. The molecule has 0 bridgehead atoms. The van der Waals surface area contributed by atoms with Crippen molar-refractivity contribution in [1.82, 2.24) is 14.5 Å². The van der Waals surface area contributed by atoms with Crippen LogP contribution in [0.3, 0.4) is 0 Å². The molecule has 1 aliphatic heterocycles. The fourth-order valence-electron chi connectivity index (χ4n) is 3.85. The standard InChI is InChI=1S/C16H22F3N3O/c17-16(18,19)13-4-1-3-12(9-13)15(23)21-7-2-5-14(10-21)22-8-6-20-11-22/h6,8,11-14H,1-5,7,9-10H2/t12-,13-,14-/m1/s1. The van der Waals surface area contributed by atoms with E-state index in [0.29, 0.717) is 25.9 Å². The molecule has 2 aliphatic rings. The molecule has 1 saturated heterocycles. The Bertz CT molecular complexity index is 529. The van der Waals surface area contributed by atoms with Gasteiger partial charge in [0, 0.05) is 31.4 Å². The zero-order valence-corrected chi connectivity index (χ0v) is 13.0. The molecule has 0 radical (unpaired) electrons. The number of imidazole rings is 1. The fraction of sp³-hybridized carbons (Fsp3) is 0.750. The van der Waals surface area contributed by atoms with Crippen molar-refractivity contribution < 1.29 is 18.0 Å². The maximum atomic E-state index is 12.9. The van der Waals surface area contributed by atoms with Crippen molar-refractivity contribution in [2.45, 2.75) is 50.7 Å². The fourth-order valence-corrected chi connectivity index (χ4v) is 3.85. The predicted molar refractivity (Wildman–Crippen MR) is 78.6 cm³/mol. The van der Waals surface area contributed by atoms with Gasteiger partial charge in [-0.3, -0.25) is 4.79 Å². The summed E-state index contributed by atoms with van der Waals surface area (Å²) in [6, 6.07) is 0.178. The molecule has 4 nitrogen and oxygen atoms in total. The molecule has 2 heterocycles. The molecule has 3 rings (SSSR count). The maximum Gasteiger partial charge on any atom is 0.391 e. The molecule has 23 heavy (non-hydrogen) atoms. The first kappa shape index (κ1) is 16.3. The van der Waals surface area contributed by atoms with E-state index in [1.165, 1.54) is 0 Å². The number of likely N-dealkylation sites (tertiary alicyclic amines) is 1. The summed E-state index contributed by atoms with van der Waals surface area (Å²) in [6.07, 6.45) is 4.16. The third-order valence-corrected chi connectivity index (χ3v) is 5.14. The van der Waals surface area contributed by atoms with E-state index in [-0.39, 0.29) is 24.8 Å². The third-order valence-electron chi connectivity index (χ3n) is 5.14. The first-order valence-electron chi connectivity index (χ1n) is 8.28. The minimum absolute atomic E-state index is 0.0470. The Balaban J connectivity index is 1.63. The Labute approximate surface area is 133 Å². The van der Waals surface area contributed by atoms with Crippen LogP contribution < -0.4 is 0 Å². The molecule has 7 heteroatoms. The Morgan fingerprint density at radius 3 is 2.70 bits per heavy atom. The van der Waals surface area contributed by atoms with Crippen LogP contribution in [0.15, 0.2) is 18.7 Å². The second-order valence-electron chi connectivity index (χ2n) is 6.69. The number of hydrogen-bond acceptors (Lipinski definition) is 2. The number of nitrogens with zero attached hydrogens (tertiary/aromatic N) is 3. The van der Waals surface area contributed by atoms with Crippen LogP contribution in [0.1, 0.15) is 44.6 Å². The number of halogens is 3. The Hall–Kier alpha value is -1.53. The lowest BCUT2D eigenvalue weighted by atomic mass is 9.80. The number of rotatable bonds is 2. The van der Waals surface area contributed by atoms with Crippen LogP contribution in [0.25, 0.3) is 0 Å². The predicted octanol–water partition coefficient (Wildman–Crippen LogP) is 3.42. The molecule has 1 amide bonds. The number of hydrogen-bond donors (Lipinski definition) is 0. The van der Waals surface area contributed by atoms with E-state index < -0.39 is 18.0 Å². The summed E-state index contributed by atoms with van der Waals surface area (Å²) in [5.41, 5.74) is 0. The second kappa shape index (κ2) is 6.53. The van der Waals surface area contributed by atoms with E-state index in [1.807, 2.05) is 10.8 Å². The number of alkyl halides is 3. The topological polar surface area (TPSA) is 38.1 Å². The quantitative estimate of drug-likeness (QED) is 0.834. The lowest BCUT2D eigenvalue weighted by Crippen LogP contribution is -2.45. The average Bonchev–Trinajstić information content (AvgIpc) is 3.08. The monoisotopic (exact) mass is 329 g/mol. The van der Waals surface area contributed by atoms with Crippen LogP contribution >= 0.6 is 0 Å². The molecule has 1 aliphatic carbocycles. The lowest BCUT2D eigenvalue weighted by Gasteiger charge is -2.37. The van der Waals surface area contributed by atoms with Crippen molar-refractivity contribution in [2.75, 3.05) is 13.1 Å². The molecule has 128 valence electrons. The average molecular weight is 329 g/mol. The summed E-state index contributed by atoms with van der Waals surface area (Å²) in [6.45, 7) is 1.22. The highest BCUT2D eigenvalue weighted by atomic mass is 19.4. The Morgan fingerprint density at radius 2 is 2.00 bits per heavy atom. The summed E-state index contributed by atoms with van der Waals surface area (Å²) in [5, 5.41) is 0. The zero-order valence-electron chi connectivity index (χ0n) is 13.0. The molecule has 2 fully saturated rings. The van der Waals surface area contributed by atoms with Gasteiger partial charge in [0.05, 0.1) is 18.3 Å². The first-order valence-corrected chi connectivity index (χ1v) is 8.28.